The van der Waals surface area contributed by atoms with Crippen molar-refractivity contribution in [3.63, 3.8) is 0 Å². The van der Waals surface area contributed by atoms with E-state index in [2.05, 4.69) is 38.2 Å². The van der Waals surface area contributed by atoms with Crippen LogP contribution >= 0.6 is 0 Å². The van der Waals surface area contributed by atoms with Crippen LogP contribution in [0, 0.1) is 0 Å². The minimum atomic E-state index is 0.175. The summed E-state index contributed by atoms with van der Waals surface area (Å²) in [6.07, 6.45) is 14.2. The zero-order chi connectivity index (χ0) is 12.9. The van der Waals surface area contributed by atoms with Crippen molar-refractivity contribution < 1.29 is 4.79 Å². The van der Waals surface area contributed by atoms with Crippen molar-refractivity contribution in [3.05, 3.63) is 24.3 Å². The normalized spacial score (nSPS) is 11.5. The fourth-order valence-electron chi connectivity index (χ4n) is 1.52. The summed E-state index contributed by atoms with van der Waals surface area (Å²) < 4.78 is 0. The van der Waals surface area contributed by atoms with Crippen molar-refractivity contribution in [2.45, 2.75) is 52.9 Å². The van der Waals surface area contributed by atoms with E-state index < -0.39 is 0 Å². The standard InChI is InChI=1S/C15H27NO/c1-4-6-8-9-10-11-12-14-16(15(3)17)13-7-5-2/h6,8,11-12H,4-5,7,9-10,13-14H2,1-3H3. The van der Waals surface area contributed by atoms with Crippen molar-refractivity contribution in [1.29, 1.82) is 0 Å². The number of nitrogens with zero attached hydrogens (tertiary/aromatic N) is 1. The van der Waals surface area contributed by atoms with Gasteiger partial charge < -0.3 is 4.90 Å². The van der Waals surface area contributed by atoms with Crippen LogP contribution < -0.4 is 0 Å². The first kappa shape index (κ1) is 16.0. The molecule has 0 saturated carbocycles. The maximum atomic E-state index is 11.3. The first-order chi connectivity index (χ1) is 8.22. The van der Waals surface area contributed by atoms with Gasteiger partial charge in [-0.3, -0.25) is 4.79 Å². The molecule has 0 atom stereocenters. The quantitative estimate of drug-likeness (QED) is 0.439. The summed E-state index contributed by atoms with van der Waals surface area (Å²) in [7, 11) is 0. The maximum absolute atomic E-state index is 11.3. The Kier molecular flexibility index (Phi) is 10.7. The summed E-state index contributed by atoms with van der Waals surface area (Å²) in [6.45, 7) is 7.57. The van der Waals surface area contributed by atoms with E-state index in [9.17, 15) is 4.79 Å². The molecule has 0 saturated heterocycles. The fourth-order valence-corrected chi connectivity index (χ4v) is 1.52. The summed E-state index contributed by atoms with van der Waals surface area (Å²) in [5.41, 5.74) is 0. The van der Waals surface area contributed by atoms with E-state index in [1.54, 1.807) is 6.92 Å². The van der Waals surface area contributed by atoms with Gasteiger partial charge in [0.25, 0.3) is 0 Å². The molecule has 0 rings (SSSR count). The summed E-state index contributed by atoms with van der Waals surface area (Å²) in [4.78, 5) is 13.2. The molecule has 2 heteroatoms. The molecule has 0 aromatic rings. The number of hydrogen-bond donors (Lipinski definition) is 0. The Morgan fingerprint density at radius 2 is 1.71 bits per heavy atom. The number of carbonyl (C=O) groups is 1. The van der Waals surface area contributed by atoms with E-state index in [1.807, 2.05) is 4.90 Å². The summed E-state index contributed by atoms with van der Waals surface area (Å²) >= 11 is 0. The first-order valence-electron chi connectivity index (χ1n) is 6.77. The second-order valence-electron chi connectivity index (χ2n) is 4.25. The van der Waals surface area contributed by atoms with E-state index in [0.717, 1.165) is 45.2 Å². The van der Waals surface area contributed by atoms with Crippen molar-refractivity contribution in [2.24, 2.45) is 0 Å². The van der Waals surface area contributed by atoms with E-state index in [-0.39, 0.29) is 5.91 Å². The van der Waals surface area contributed by atoms with E-state index >= 15 is 0 Å². The second-order valence-corrected chi connectivity index (χ2v) is 4.25. The number of allylic oxidation sites excluding steroid dienone is 3. The lowest BCUT2D eigenvalue weighted by molar-refractivity contribution is -0.128. The topological polar surface area (TPSA) is 20.3 Å². The Morgan fingerprint density at radius 3 is 2.24 bits per heavy atom. The predicted octanol–water partition coefficient (Wildman–Crippen LogP) is 3.94. The summed E-state index contributed by atoms with van der Waals surface area (Å²) in [5, 5.41) is 0. The Balaban J connectivity index is 3.75. The molecule has 0 aromatic heterocycles. The molecule has 0 aliphatic carbocycles. The van der Waals surface area contributed by atoms with Crippen LogP contribution in [0.3, 0.4) is 0 Å². The van der Waals surface area contributed by atoms with Crippen LogP contribution in [-0.2, 0) is 4.79 Å². The van der Waals surface area contributed by atoms with Crippen LogP contribution in [0.25, 0.3) is 0 Å². The third kappa shape index (κ3) is 9.86. The first-order valence-corrected chi connectivity index (χ1v) is 6.77. The number of amides is 1. The highest BCUT2D eigenvalue weighted by atomic mass is 16.2. The predicted molar refractivity (Wildman–Crippen MR) is 75.0 cm³/mol. The molecule has 0 unspecified atom stereocenters. The van der Waals surface area contributed by atoms with Crippen molar-refractivity contribution in [1.82, 2.24) is 4.90 Å². The molecular weight excluding hydrogens is 210 g/mol. The Morgan fingerprint density at radius 1 is 1.06 bits per heavy atom. The molecule has 0 heterocycles. The van der Waals surface area contributed by atoms with Gasteiger partial charge in [-0.05, 0) is 25.7 Å². The minimum Gasteiger partial charge on any atom is -0.339 e. The van der Waals surface area contributed by atoms with Crippen LogP contribution in [0.5, 0.6) is 0 Å². The van der Waals surface area contributed by atoms with Gasteiger partial charge in [-0.2, -0.15) is 0 Å². The third-order valence-electron chi connectivity index (χ3n) is 2.62. The lowest BCUT2D eigenvalue weighted by atomic mass is 10.2. The molecule has 0 radical (unpaired) electrons. The van der Waals surface area contributed by atoms with Gasteiger partial charge in [-0.15, -0.1) is 0 Å². The SMILES string of the molecule is CCC=CCCC=CCN(CCCC)C(C)=O. The van der Waals surface area contributed by atoms with Crippen molar-refractivity contribution in [3.8, 4) is 0 Å². The van der Waals surface area contributed by atoms with Crippen LogP contribution in [0.4, 0.5) is 0 Å². The smallest absolute Gasteiger partial charge is 0.219 e. The molecule has 17 heavy (non-hydrogen) atoms. The van der Waals surface area contributed by atoms with Crippen LogP contribution in [0.1, 0.15) is 52.9 Å². The minimum absolute atomic E-state index is 0.175. The molecule has 0 spiro atoms. The van der Waals surface area contributed by atoms with Gasteiger partial charge in [0.2, 0.25) is 5.91 Å². The van der Waals surface area contributed by atoms with Crippen LogP contribution in [0.15, 0.2) is 24.3 Å². The molecule has 1 amide bonds. The van der Waals surface area contributed by atoms with Gasteiger partial charge in [0.1, 0.15) is 0 Å². The summed E-state index contributed by atoms with van der Waals surface area (Å²) in [6, 6.07) is 0. The third-order valence-corrected chi connectivity index (χ3v) is 2.62. The van der Waals surface area contributed by atoms with E-state index in [4.69, 9.17) is 0 Å². The Hall–Kier alpha value is -1.05. The molecule has 0 aromatic carbocycles. The van der Waals surface area contributed by atoms with Gasteiger partial charge in [-0.25, -0.2) is 0 Å². The molecule has 98 valence electrons. The molecule has 0 N–H and O–H groups in total. The van der Waals surface area contributed by atoms with Crippen molar-refractivity contribution >= 4 is 5.91 Å². The number of unbranched alkanes of at least 4 members (excludes halogenated alkanes) is 2. The van der Waals surface area contributed by atoms with Gasteiger partial charge in [0.05, 0.1) is 0 Å². The van der Waals surface area contributed by atoms with Crippen LogP contribution in [0.2, 0.25) is 0 Å². The van der Waals surface area contributed by atoms with Gasteiger partial charge in [0, 0.05) is 20.0 Å². The highest BCUT2D eigenvalue weighted by Crippen LogP contribution is 1.98. The second kappa shape index (κ2) is 11.4. The zero-order valence-electron chi connectivity index (χ0n) is 11.6. The summed E-state index contributed by atoms with van der Waals surface area (Å²) in [5.74, 6) is 0.175. The highest BCUT2D eigenvalue weighted by molar-refractivity contribution is 5.73. The molecular formula is C15H27NO. The molecule has 0 bridgehead atoms. The molecule has 0 aliphatic rings. The largest absolute Gasteiger partial charge is 0.339 e. The monoisotopic (exact) mass is 237 g/mol. The fraction of sp³-hybridized carbons (Fsp3) is 0.667. The highest BCUT2D eigenvalue weighted by Gasteiger charge is 2.04. The molecule has 0 aliphatic heterocycles. The molecule has 2 nitrogen and oxygen atoms in total. The number of carbonyl (C=O) groups excluding carboxylic acids is 1. The van der Waals surface area contributed by atoms with E-state index in [1.165, 1.54) is 0 Å². The van der Waals surface area contributed by atoms with Gasteiger partial charge in [-0.1, -0.05) is 44.6 Å². The lowest BCUT2D eigenvalue weighted by Crippen LogP contribution is -2.29. The zero-order valence-corrected chi connectivity index (χ0v) is 11.6. The maximum Gasteiger partial charge on any atom is 0.219 e. The van der Waals surface area contributed by atoms with Gasteiger partial charge in [0.15, 0.2) is 0 Å². The number of hydrogen-bond acceptors (Lipinski definition) is 1. The Labute approximate surface area is 106 Å². The lowest BCUT2D eigenvalue weighted by Gasteiger charge is -2.18. The average molecular weight is 237 g/mol. The van der Waals surface area contributed by atoms with Gasteiger partial charge >= 0.3 is 0 Å². The van der Waals surface area contributed by atoms with Crippen molar-refractivity contribution in [2.75, 3.05) is 13.1 Å². The average Bonchev–Trinajstić information content (AvgIpc) is 2.31. The Bertz CT molecular complexity index is 243. The van der Waals surface area contributed by atoms with E-state index in [0.29, 0.717) is 0 Å². The number of rotatable bonds is 9. The molecule has 0 fully saturated rings. The van der Waals surface area contributed by atoms with Crippen LogP contribution in [-0.4, -0.2) is 23.9 Å².